The van der Waals surface area contributed by atoms with E-state index in [0.717, 1.165) is 12.0 Å². The molecular formula is C14H20O. The van der Waals surface area contributed by atoms with Crippen LogP contribution in [0.15, 0.2) is 24.3 Å². The summed E-state index contributed by atoms with van der Waals surface area (Å²) in [6.45, 7) is 8.53. The van der Waals surface area contributed by atoms with Crippen LogP contribution >= 0.6 is 0 Å². The molecule has 0 aliphatic rings. The van der Waals surface area contributed by atoms with Crippen molar-refractivity contribution in [1.82, 2.24) is 0 Å². The van der Waals surface area contributed by atoms with Crippen LogP contribution in [0.25, 0.3) is 0 Å². The van der Waals surface area contributed by atoms with Crippen molar-refractivity contribution in [2.45, 2.75) is 40.5 Å². The molecule has 82 valence electrons. The Balaban J connectivity index is 2.88. The Bertz CT molecular complexity index is 345. The van der Waals surface area contributed by atoms with Crippen LogP contribution in [0.2, 0.25) is 0 Å². The van der Waals surface area contributed by atoms with Crippen LogP contribution in [-0.2, 0) is 6.42 Å². The van der Waals surface area contributed by atoms with E-state index in [4.69, 9.17) is 0 Å². The number of rotatable bonds is 3. The van der Waals surface area contributed by atoms with E-state index in [-0.39, 0.29) is 11.2 Å². The zero-order valence-corrected chi connectivity index (χ0v) is 10.1. The monoisotopic (exact) mass is 204 g/mol. The maximum absolute atomic E-state index is 11.5. The minimum atomic E-state index is 0.228. The highest BCUT2D eigenvalue weighted by molar-refractivity contribution is 5.95. The fourth-order valence-electron chi connectivity index (χ4n) is 1.67. The van der Waals surface area contributed by atoms with Crippen LogP contribution in [0.4, 0.5) is 0 Å². The summed E-state index contributed by atoms with van der Waals surface area (Å²) in [5.74, 6) is 0.228. The second-order valence-electron chi connectivity index (χ2n) is 5.21. The van der Waals surface area contributed by atoms with E-state index >= 15 is 0 Å². The van der Waals surface area contributed by atoms with Gasteiger partial charge in [0.15, 0.2) is 5.78 Å². The summed E-state index contributed by atoms with van der Waals surface area (Å²) in [6, 6.07) is 8.00. The van der Waals surface area contributed by atoms with E-state index in [2.05, 4.69) is 26.8 Å². The van der Waals surface area contributed by atoms with Gasteiger partial charge in [-0.3, -0.25) is 4.79 Å². The van der Waals surface area contributed by atoms with Crippen molar-refractivity contribution in [3.8, 4) is 0 Å². The Kier molecular flexibility index (Phi) is 3.67. The standard InChI is InChI=1S/C14H20O/c1-5-13(15)12-8-6-7-11(9-12)10-14(2,3)4/h6-9H,5,10H2,1-4H3. The van der Waals surface area contributed by atoms with Crippen molar-refractivity contribution in [3.63, 3.8) is 0 Å². The summed E-state index contributed by atoms with van der Waals surface area (Å²) in [5.41, 5.74) is 2.37. The first-order valence-electron chi connectivity index (χ1n) is 5.54. The number of benzene rings is 1. The van der Waals surface area contributed by atoms with E-state index in [1.54, 1.807) is 0 Å². The highest BCUT2D eigenvalue weighted by Gasteiger charge is 2.12. The fourth-order valence-corrected chi connectivity index (χ4v) is 1.67. The van der Waals surface area contributed by atoms with Crippen molar-refractivity contribution in [1.29, 1.82) is 0 Å². The predicted octanol–water partition coefficient (Wildman–Crippen LogP) is 3.87. The fraction of sp³-hybridized carbons (Fsp3) is 0.500. The number of carbonyl (C=O) groups excluding carboxylic acids is 1. The molecule has 0 radical (unpaired) electrons. The Morgan fingerprint density at radius 3 is 2.47 bits per heavy atom. The summed E-state index contributed by atoms with van der Waals surface area (Å²) >= 11 is 0. The maximum atomic E-state index is 11.5. The van der Waals surface area contributed by atoms with E-state index in [1.165, 1.54) is 5.56 Å². The molecular weight excluding hydrogens is 184 g/mol. The first-order valence-corrected chi connectivity index (χ1v) is 5.54. The van der Waals surface area contributed by atoms with Gasteiger partial charge in [-0.2, -0.15) is 0 Å². The molecule has 1 heteroatoms. The Labute approximate surface area is 92.5 Å². The molecule has 0 aromatic heterocycles. The lowest BCUT2D eigenvalue weighted by atomic mass is 9.87. The number of Topliss-reactive ketones (excluding diaryl/α,β-unsaturated/α-hetero) is 1. The Hall–Kier alpha value is -1.11. The average molecular weight is 204 g/mol. The summed E-state index contributed by atoms with van der Waals surface area (Å²) in [5, 5.41) is 0. The molecule has 0 unspecified atom stereocenters. The first kappa shape index (κ1) is 12.0. The van der Waals surface area contributed by atoms with Crippen molar-refractivity contribution < 1.29 is 4.79 Å². The molecule has 1 rings (SSSR count). The van der Waals surface area contributed by atoms with E-state index in [1.807, 2.05) is 25.1 Å². The molecule has 0 saturated heterocycles. The van der Waals surface area contributed by atoms with Crippen LogP contribution in [0.3, 0.4) is 0 Å². The Morgan fingerprint density at radius 1 is 1.27 bits per heavy atom. The molecule has 15 heavy (non-hydrogen) atoms. The van der Waals surface area contributed by atoms with Gasteiger partial charge in [0, 0.05) is 12.0 Å². The lowest BCUT2D eigenvalue weighted by molar-refractivity contribution is 0.0988. The van der Waals surface area contributed by atoms with E-state index in [9.17, 15) is 4.79 Å². The minimum absolute atomic E-state index is 0.228. The SMILES string of the molecule is CCC(=O)c1cccc(CC(C)(C)C)c1. The smallest absolute Gasteiger partial charge is 0.162 e. The quantitative estimate of drug-likeness (QED) is 0.683. The molecule has 0 bridgehead atoms. The van der Waals surface area contributed by atoms with E-state index < -0.39 is 0 Å². The molecule has 1 nitrogen and oxygen atoms in total. The van der Waals surface area contributed by atoms with Gasteiger partial charge in [0.1, 0.15) is 0 Å². The van der Waals surface area contributed by atoms with Crippen molar-refractivity contribution in [3.05, 3.63) is 35.4 Å². The zero-order valence-electron chi connectivity index (χ0n) is 10.1. The number of hydrogen-bond donors (Lipinski definition) is 0. The molecule has 0 heterocycles. The number of carbonyl (C=O) groups is 1. The third-order valence-corrected chi connectivity index (χ3v) is 2.30. The number of hydrogen-bond acceptors (Lipinski definition) is 1. The van der Waals surface area contributed by atoms with Crippen LogP contribution in [0, 0.1) is 5.41 Å². The highest BCUT2D eigenvalue weighted by atomic mass is 16.1. The summed E-state index contributed by atoms with van der Waals surface area (Å²) in [6.07, 6.45) is 1.59. The maximum Gasteiger partial charge on any atom is 0.162 e. The molecule has 0 fully saturated rings. The average Bonchev–Trinajstić information content (AvgIpc) is 2.14. The lowest BCUT2D eigenvalue weighted by Crippen LogP contribution is -2.09. The molecule has 0 amide bonds. The van der Waals surface area contributed by atoms with Crippen molar-refractivity contribution in [2.75, 3.05) is 0 Å². The predicted molar refractivity (Wildman–Crippen MR) is 64.2 cm³/mol. The number of ketones is 1. The van der Waals surface area contributed by atoms with Gasteiger partial charge >= 0.3 is 0 Å². The lowest BCUT2D eigenvalue weighted by Gasteiger charge is -2.18. The van der Waals surface area contributed by atoms with E-state index in [0.29, 0.717) is 6.42 Å². The zero-order chi connectivity index (χ0) is 11.5. The molecule has 1 aromatic rings. The van der Waals surface area contributed by atoms with Crippen LogP contribution in [0.1, 0.15) is 50.0 Å². The molecule has 0 atom stereocenters. The highest BCUT2D eigenvalue weighted by Crippen LogP contribution is 2.21. The summed E-state index contributed by atoms with van der Waals surface area (Å²) < 4.78 is 0. The summed E-state index contributed by atoms with van der Waals surface area (Å²) in [4.78, 5) is 11.5. The second kappa shape index (κ2) is 4.61. The van der Waals surface area contributed by atoms with Gasteiger partial charge in [-0.1, -0.05) is 45.9 Å². The minimum Gasteiger partial charge on any atom is -0.294 e. The van der Waals surface area contributed by atoms with Gasteiger partial charge in [-0.25, -0.2) is 0 Å². The van der Waals surface area contributed by atoms with Crippen LogP contribution < -0.4 is 0 Å². The molecule has 0 aliphatic carbocycles. The first-order chi connectivity index (χ1) is 6.92. The molecule has 0 spiro atoms. The van der Waals surface area contributed by atoms with Crippen molar-refractivity contribution >= 4 is 5.78 Å². The Morgan fingerprint density at radius 2 is 1.93 bits per heavy atom. The molecule has 1 aromatic carbocycles. The second-order valence-corrected chi connectivity index (χ2v) is 5.21. The normalized spacial score (nSPS) is 11.5. The van der Waals surface area contributed by atoms with Gasteiger partial charge < -0.3 is 0 Å². The molecule has 0 saturated carbocycles. The van der Waals surface area contributed by atoms with Gasteiger partial charge in [0.25, 0.3) is 0 Å². The third kappa shape index (κ3) is 3.86. The summed E-state index contributed by atoms with van der Waals surface area (Å²) in [7, 11) is 0. The van der Waals surface area contributed by atoms with Gasteiger partial charge in [0.2, 0.25) is 0 Å². The van der Waals surface area contributed by atoms with Crippen LogP contribution in [0.5, 0.6) is 0 Å². The third-order valence-electron chi connectivity index (χ3n) is 2.30. The largest absolute Gasteiger partial charge is 0.294 e. The van der Waals surface area contributed by atoms with Gasteiger partial charge in [-0.15, -0.1) is 0 Å². The van der Waals surface area contributed by atoms with Crippen molar-refractivity contribution in [2.24, 2.45) is 5.41 Å². The molecule has 0 aliphatic heterocycles. The molecule has 0 N–H and O–H groups in total. The van der Waals surface area contributed by atoms with Crippen LogP contribution in [-0.4, -0.2) is 5.78 Å². The topological polar surface area (TPSA) is 17.1 Å². The van der Waals surface area contributed by atoms with Gasteiger partial charge in [-0.05, 0) is 23.5 Å². The van der Waals surface area contributed by atoms with Gasteiger partial charge in [0.05, 0.1) is 0 Å².